The molecule has 0 aliphatic carbocycles. The summed E-state index contributed by atoms with van der Waals surface area (Å²) in [5.41, 5.74) is 2.16. The minimum Gasteiger partial charge on any atom is -0.489 e. The third-order valence-corrected chi connectivity index (χ3v) is 7.16. The van der Waals surface area contributed by atoms with Crippen LogP contribution in [0.4, 0.5) is 5.69 Å². The molecular weight excluding hydrogens is 545 g/mol. The van der Waals surface area contributed by atoms with Crippen molar-refractivity contribution in [2.45, 2.75) is 26.3 Å². The van der Waals surface area contributed by atoms with Crippen molar-refractivity contribution in [1.29, 1.82) is 0 Å². The Balaban J connectivity index is 0.00000267. The number of hydrogen-bond acceptors (Lipinski definition) is 7. The van der Waals surface area contributed by atoms with E-state index < -0.39 is 0 Å². The molecule has 4 rings (SSSR count). The van der Waals surface area contributed by atoms with E-state index in [1.165, 1.54) is 6.92 Å². The molecule has 1 aromatic carbocycles. The Bertz CT molecular complexity index is 989. The molecule has 0 radical (unpaired) electrons. The number of halogens is 2. The molecule has 3 aliphatic heterocycles. The smallest absolute Gasteiger partial charge is 0.236 e. The van der Waals surface area contributed by atoms with E-state index in [-0.39, 0.29) is 60.9 Å². The number of piperidine rings is 1. The maximum absolute atomic E-state index is 13.0. The molecule has 0 spiro atoms. The summed E-state index contributed by atoms with van der Waals surface area (Å²) in [5.74, 6) is 0.947. The first kappa shape index (κ1) is 32.7. The second-order valence-electron chi connectivity index (χ2n) is 9.82. The van der Waals surface area contributed by atoms with E-state index >= 15 is 0 Å². The molecule has 218 valence electrons. The van der Waals surface area contributed by atoms with Crippen molar-refractivity contribution >= 4 is 48.2 Å². The van der Waals surface area contributed by atoms with Crippen LogP contribution in [0.1, 0.15) is 25.3 Å². The highest BCUT2D eigenvalue weighted by molar-refractivity contribution is 5.85. The molecule has 2 saturated heterocycles. The number of rotatable bonds is 6. The van der Waals surface area contributed by atoms with Gasteiger partial charge in [0.2, 0.25) is 17.7 Å². The van der Waals surface area contributed by atoms with Crippen LogP contribution in [0, 0.1) is 11.8 Å². The zero-order chi connectivity index (χ0) is 26.0. The maximum atomic E-state index is 13.0. The molecule has 2 fully saturated rings. The van der Waals surface area contributed by atoms with Gasteiger partial charge in [0.05, 0.1) is 19.8 Å². The van der Waals surface area contributed by atoms with Crippen LogP contribution in [-0.2, 0) is 25.7 Å². The summed E-state index contributed by atoms with van der Waals surface area (Å²) in [6.45, 7) is 7.90. The highest BCUT2D eigenvalue weighted by Crippen LogP contribution is 2.29. The van der Waals surface area contributed by atoms with Gasteiger partial charge in [-0.15, -0.1) is 24.8 Å². The van der Waals surface area contributed by atoms with E-state index in [4.69, 9.17) is 9.47 Å². The lowest BCUT2D eigenvalue weighted by Crippen LogP contribution is -2.47. The lowest BCUT2D eigenvalue weighted by Gasteiger charge is -2.37. The third kappa shape index (κ3) is 9.86. The average molecular weight is 587 g/mol. The van der Waals surface area contributed by atoms with Crippen molar-refractivity contribution < 1.29 is 23.9 Å². The first-order valence-corrected chi connectivity index (χ1v) is 13.2. The van der Waals surface area contributed by atoms with Gasteiger partial charge in [-0.05, 0) is 36.5 Å². The maximum Gasteiger partial charge on any atom is 0.236 e. The summed E-state index contributed by atoms with van der Waals surface area (Å²) < 4.78 is 11.6. The number of hydrogen-bond donors (Lipinski definition) is 3. The van der Waals surface area contributed by atoms with E-state index in [0.29, 0.717) is 45.8 Å². The van der Waals surface area contributed by atoms with Crippen LogP contribution in [0.3, 0.4) is 0 Å². The summed E-state index contributed by atoms with van der Waals surface area (Å²) in [6, 6.07) is 6.23. The third-order valence-electron chi connectivity index (χ3n) is 7.16. The topological polar surface area (TPSA) is 112 Å². The molecular formula is C27H41Cl2N5O5. The van der Waals surface area contributed by atoms with Crippen molar-refractivity contribution in [1.82, 2.24) is 20.9 Å². The van der Waals surface area contributed by atoms with E-state index in [1.54, 1.807) is 0 Å². The van der Waals surface area contributed by atoms with E-state index in [9.17, 15) is 14.4 Å². The highest BCUT2D eigenvalue weighted by atomic mass is 35.5. The SMILES string of the molecule is CC(=O)NCCNC(=O)C[C@@H]1CCN2C[C@@H]1/C=C/COc1ccc(N3CCOCC3)cc1CNCC2=O.Cl.Cl. The molecule has 12 heteroatoms. The Hall–Kier alpha value is -2.53. The van der Waals surface area contributed by atoms with Gasteiger partial charge in [-0.1, -0.05) is 12.2 Å². The summed E-state index contributed by atoms with van der Waals surface area (Å²) in [5, 5.41) is 8.87. The Kier molecular flexibility index (Phi) is 13.9. The van der Waals surface area contributed by atoms with Crippen LogP contribution in [0.25, 0.3) is 0 Å². The zero-order valence-corrected chi connectivity index (χ0v) is 24.1. The van der Waals surface area contributed by atoms with Crippen molar-refractivity contribution in [2.24, 2.45) is 11.8 Å². The van der Waals surface area contributed by atoms with Crippen LogP contribution < -0.4 is 25.6 Å². The lowest BCUT2D eigenvalue weighted by molar-refractivity contribution is -0.132. The van der Waals surface area contributed by atoms with Gasteiger partial charge < -0.3 is 35.2 Å². The second-order valence-corrected chi connectivity index (χ2v) is 9.82. The number of benzene rings is 1. The Labute approximate surface area is 243 Å². The Morgan fingerprint density at radius 3 is 2.59 bits per heavy atom. The van der Waals surface area contributed by atoms with Crippen LogP contribution in [-0.4, -0.2) is 88.3 Å². The number of ether oxygens (including phenoxy) is 2. The van der Waals surface area contributed by atoms with Crippen molar-refractivity contribution in [3.8, 4) is 5.75 Å². The van der Waals surface area contributed by atoms with Gasteiger partial charge in [0.1, 0.15) is 12.4 Å². The quantitative estimate of drug-likeness (QED) is 0.342. The minimum absolute atomic E-state index is 0. The van der Waals surface area contributed by atoms with E-state index in [1.807, 2.05) is 17.0 Å². The average Bonchev–Trinajstić information content (AvgIpc) is 2.91. The Morgan fingerprint density at radius 1 is 1.05 bits per heavy atom. The fraction of sp³-hybridized carbons (Fsp3) is 0.593. The van der Waals surface area contributed by atoms with Gasteiger partial charge in [-0.2, -0.15) is 0 Å². The standard InChI is InChI=1S/C27H39N5O5.2ClH/c1-20(33)29-7-8-30-26(34)16-21-6-9-32-19-22(21)3-2-12-37-25-5-4-24(31-10-13-36-14-11-31)15-23(25)17-28-18-27(32)35;;/h2-5,15,21-22,28H,6-14,16-19H2,1H3,(H,29,33)(H,30,34);2*1H/b3-2+;;/t21-,22-;;/m0../s1. The first-order valence-electron chi connectivity index (χ1n) is 13.2. The molecule has 3 amide bonds. The highest BCUT2D eigenvalue weighted by Gasteiger charge is 2.31. The van der Waals surface area contributed by atoms with Crippen LogP contribution in [0.2, 0.25) is 0 Å². The predicted molar refractivity (Wildman–Crippen MR) is 155 cm³/mol. The molecule has 2 bridgehead atoms. The van der Waals surface area contributed by atoms with E-state index in [0.717, 1.165) is 49.7 Å². The molecule has 0 unspecified atom stereocenters. The number of anilines is 1. The number of fused-ring (bicyclic) bond motifs is 3. The molecule has 2 atom stereocenters. The van der Waals surface area contributed by atoms with Crippen LogP contribution in [0.5, 0.6) is 5.75 Å². The van der Waals surface area contributed by atoms with Gasteiger partial charge in [0.15, 0.2) is 0 Å². The number of amides is 3. The normalized spacial score (nSPS) is 22.2. The largest absolute Gasteiger partial charge is 0.489 e. The van der Waals surface area contributed by atoms with Gasteiger partial charge in [0, 0.05) is 70.4 Å². The fourth-order valence-electron chi connectivity index (χ4n) is 5.13. The molecule has 3 heterocycles. The molecule has 0 saturated carbocycles. The molecule has 3 N–H and O–H groups in total. The van der Waals surface area contributed by atoms with Crippen molar-refractivity contribution in [3.05, 3.63) is 35.9 Å². The monoisotopic (exact) mass is 585 g/mol. The number of nitrogens with zero attached hydrogens (tertiary/aromatic N) is 2. The Morgan fingerprint density at radius 2 is 1.82 bits per heavy atom. The van der Waals surface area contributed by atoms with Gasteiger partial charge in [-0.25, -0.2) is 0 Å². The number of morpholine rings is 1. The minimum atomic E-state index is -0.114. The van der Waals surface area contributed by atoms with E-state index in [2.05, 4.69) is 39.1 Å². The summed E-state index contributed by atoms with van der Waals surface area (Å²) in [6.07, 6.45) is 5.26. The molecule has 39 heavy (non-hydrogen) atoms. The summed E-state index contributed by atoms with van der Waals surface area (Å²) in [7, 11) is 0. The number of nitrogens with one attached hydrogen (secondary N) is 3. The fourth-order valence-corrected chi connectivity index (χ4v) is 5.13. The summed E-state index contributed by atoms with van der Waals surface area (Å²) in [4.78, 5) is 40.7. The van der Waals surface area contributed by atoms with Crippen molar-refractivity contribution in [2.75, 3.05) is 70.5 Å². The number of carbonyl (C=O) groups is 3. The van der Waals surface area contributed by atoms with Gasteiger partial charge in [-0.3, -0.25) is 14.4 Å². The van der Waals surface area contributed by atoms with Crippen LogP contribution in [0.15, 0.2) is 30.4 Å². The lowest BCUT2D eigenvalue weighted by atomic mass is 9.82. The van der Waals surface area contributed by atoms with Crippen LogP contribution >= 0.6 is 24.8 Å². The number of carbonyl (C=O) groups excluding carboxylic acids is 3. The molecule has 0 aromatic heterocycles. The molecule has 3 aliphatic rings. The van der Waals surface area contributed by atoms with Gasteiger partial charge >= 0.3 is 0 Å². The zero-order valence-electron chi connectivity index (χ0n) is 22.5. The molecule has 1 aromatic rings. The predicted octanol–water partition coefficient (Wildman–Crippen LogP) is 1.51. The molecule has 10 nitrogen and oxygen atoms in total. The second kappa shape index (κ2) is 16.5. The van der Waals surface area contributed by atoms with Crippen molar-refractivity contribution in [3.63, 3.8) is 0 Å². The first-order chi connectivity index (χ1) is 18.0. The van der Waals surface area contributed by atoms with Gasteiger partial charge in [0.25, 0.3) is 0 Å². The summed E-state index contributed by atoms with van der Waals surface area (Å²) >= 11 is 0.